The third kappa shape index (κ3) is 2.20. The van der Waals surface area contributed by atoms with Crippen LogP contribution in [0.4, 0.5) is 0 Å². The summed E-state index contributed by atoms with van der Waals surface area (Å²) in [5.74, 6) is -2.16. The molecule has 0 aliphatic carbocycles. The highest BCUT2D eigenvalue weighted by Crippen LogP contribution is 2.49. The molecule has 1 unspecified atom stereocenters. The zero-order valence-electron chi connectivity index (χ0n) is 12.0. The second kappa shape index (κ2) is 5.53. The van der Waals surface area contributed by atoms with Gasteiger partial charge in [-0.25, -0.2) is 4.79 Å². The molecule has 0 amide bonds. The lowest BCUT2D eigenvalue weighted by Crippen LogP contribution is -2.58. The van der Waals surface area contributed by atoms with Crippen LogP contribution in [0, 0.1) is 0 Å². The number of fused-ring (bicyclic) bond motifs is 3. The molecule has 1 fully saturated rings. The van der Waals surface area contributed by atoms with Crippen LogP contribution in [-0.2, 0) is 9.47 Å². The van der Waals surface area contributed by atoms with Gasteiger partial charge >= 0.3 is 5.97 Å². The second-order valence-corrected chi connectivity index (χ2v) is 5.37. The number of benzene rings is 1. The maximum absolute atomic E-state index is 12.1. The Hall–Kier alpha value is -2.07. The number of aliphatic hydroxyl groups excluding tert-OH is 3. The molecule has 0 radical (unpaired) electrons. The van der Waals surface area contributed by atoms with Crippen LogP contribution >= 0.6 is 0 Å². The minimum absolute atomic E-state index is 0.0368. The number of aliphatic hydroxyl groups is 3. The summed E-state index contributed by atoms with van der Waals surface area (Å²) in [6.07, 6.45) is -6.50. The maximum Gasteiger partial charge on any atom is 0.339 e. The number of carbonyl (C=O) groups is 1. The molecular formula is C14H16O9. The van der Waals surface area contributed by atoms with Crippen LogP contribution in [0.25, 0.3) is 0 Å². The Bertz CT molecular complexity index is 644. The largest absolute Gasteiger partial charge is 0.504 e. The molecule has 5 atom stereocenters. The molecule has 0 spiro atoms. The van der Waals surface area contributed by atoms with Crippen LogP contribution in [0.2, 0.25) is 0 Å². The summed E-state index contributed by atoms with van der Waals surface area (Å²) in [6.45, 7) is -0.583. The second-order valence-electron chi connectivity index (χ2n) is 5.37. The van der Waals surface area contributed by atoms with E-state index < -0.39 is 54.6 Å². The Labute approximate surface area is 130 Å². The summed E-state index contributed by atoms with van der Waals surface area (Å²) in [6, 6.07) is 1.06. The lowest BCUT2D eigenvalue weighted by Gasteiger charge is -2.44. The summed E-state index contributed by atoms with van der Waals surface area (Å²) in [7, 11) is 1.22. The number of phenolic OH excluding ortho intramolecular Hbond substituents is 2. The third-order valence-electron chi connectivity index (χ3n) is 4.09. The van der Waals surface area contributed by atoms with E-state index in [9.17, 15) is 30.3 Å². The highest BCUT2D eigenvalue weighted by Gasteiger charge is 2.52. The van der Waals surface area contributed by atoms with Crippen molar-refractivity contribution in [2.45, 2.75) is 30.5 Å². The van der Waals surface area contributed by atoms with Gasteiger partial charge in [-0.1, -0.05) is 0 Å². The lowest BCUT2D eigenvalue weighted by molar-refractivity contribution is -0.235. The van der Waals surface area contributed by atoms with Crippen molar-refractivity contribution >= 4 is 5.97 Å². The Morgan fingerprint density at radius 3 is 2.57 bits per heavy atom. The molecule has 2 heterocycles. The van der Waals surface area contributed by atoms with Gasteiger partial charge in [0, 0.05) is 5.56 Å². The van der Waals surface area contributed by atoms with Gasteiger partial charge in [0.1, 0.15) is 24.4 Å². The number of esters is 1. The van der Waals surface area contributed by atoms with E-state index in [1.54, 1.807) is 0 Å². The topological polar surface area (TPSA) is 146 Å². The van der Waals surface area contributed by atoms with Gasteiger partial charge in [-0.2, -0.15) is 0 Å². The van der Waals surface area contributed by atoms with E-state index >= 15 is 0 Å². The number of hydrogen-bond acceptors (Lipinski definition) is 9. The van der Waals surface area contributed by atoms with Crippen LogP contribution in [-0.4, -0.2) is 69.6 Å². The van der Waals surface area contributed by atoms with Crippen molar-refractivity contribution in [1.29, 1.82) is 0 Å². The van der Waals surface area contributed by atoms with E-state index in [1.165, 1.54) is 7.11 Å². The molecule has 2 aliphatic heterocycles. The van der Waals surface area contributed by atoms with Crippen molar-refractivity contribution in [3.8, 4) is 17.2 Å². The molecule has 0 aromatic heterocycles. The zero-order chi connectivity index (χ0) is 16.9. The third-order valence-corrected chi connectivity index (χ3v) is 4.09. The van der Waals surface area contributed by atoms with Gasteiger partial charge in [0.2, 0.25) is 5.75 Å². The van der Waals surface area contributed by atoms with E-state index in [1.807, 2.05) is 0 Å². The van der Waals surface area contributed by atoms with Crippen LogP contribution in [0.15, 0.2) is 6.07 Å². The maximum atomic E-state index is 12.1. The summed E-state index contributed by atoms with van der Waals surface area (Å²) >= 11 is 0. The van der Waals surface area contributed by atoms with Gasteiger partial charge in [-0.15, -0.1) is 0 Å². The molecule has 3 rings (SSSR count). The Morgan fingerprint density at radius 2 is 1.96 bits per heavy atom. The molecular weight excluding hydrogens is 312 g/mol. The first-order valence-corrected chi connectivity index (χ1v) is 6.87. The molecule has 126 valence electrons. The predicted octanol–water partition coefficient (Wildman–Crippen LogP) is -1.20. The Morgan fingerprint density at radius 1 is 1.26 bits per heavy atom. The fourth-order valence-electron chi connectivity index (χ4n) is 2.95. The number of carbonyl (C=O) groups excluding carboxylic acids is 1. The minimum atomic E-state index is -1.51. The van der Waals surface area contributed by atoms with Gasteiger partial charge in [0.15, 0.2) is 17.6 Å². The summed E-state index contributed by atoms with van der Waals surface area (Å²) < 4.78 is 15.4. The van der Waals surface area contributed by atoms with Crippen molar-refractivity contribution in [3.05, 3.63) is 17.2 Å². The Kier molecular flexibility index (Phi) is 3.80. The van der Waals surface area contributed by atoms with Gasteiger partial charge in [0.05, 0.1) is 19.3 Å². The molecule has 23 heavy (non-hydrogen) atoms. The minimum Gasteiger partial charge on any atom is -0.504 e. The number of hydrogen-bond donors (Lipinski definition) is 5. The fourth-order valence-corrected chi connectivity index (χ4v) is 2.95. The average Bonchev–Trinajstić information content (AvgIpc) is 2.52. The van der Waals surface area contributed by atoms with Crippen LogP contribution < -0.4 is 4.74 Å². The molecule has 1 aromatic rings. The lowest BCUT2D eigenvalue weighted by atomic mass is 9.86. The van der Waals surface area contributed by atoms with Crippen LogP contribution in [0.5, 0.6) is 17.2 Å². The van der Waals surface area contributed by atoms with E-state index in [4.69, 9.17) is 14.2 Å². The van der Waals surface area contributed by atoms with Gasteiger partial charge in [-0.05, 0) is 6.07 Å². The van der Waals surface area contributed by atoms with Crippen molar-refractivity contribution in [2.24, 2.45) is 0 Å². The molecule has 1 saturated heterocycles. The van der Waals surface area contributed by atoms with E-state index in [-0.39, 0.29) is 16.9 Å². The van der Waals surface area contributed by atoms with Crippen molar-refractivity contribution in [1.82, 2.24) is 0 Å². The molecule has 0 saturated carbocycles. The van der Waals surface area contributed by atoms with E-state index in [2.05, 4.69) is 0 Å². The number of rotatable bonds is 2. The fraction of sp³-hybridized carbons (Fsp3) is 0.500. The number of aromatic hydroxyl groups is 2. The SMILES string of the molecule is COc1c(O)cc2c(c1O)C1O[C@H](CO)[C@@H](O)[C@H](O)[C@H]1OC2=O. The van der Waals surface area contributed by atoms with Crippen LogP contribution in [0.3, 0.4) is 0 Å². The predicted molar refractivity (Wildman–Crippen MR) is 72.2 cm³/mol. The first kappa shape index (κ1) is 15.8. The smallest absolute Gasteiger partial charge is 0.339 e. The normalized spacial score (nSPS) is 32.7. The highest BCUT2D eigenvalue weighted by molar-refractivity contribution is 5.95. The van der Waals surface area contributed by atoms with Crippen molar-refractivity contribution < 1.29 is 44.5 Å². The molecule has 9 nitrogen and oxygen atoms in total. The van der Waals surface area contributed by atoms with Gasteiger partial charge < -0.3 is 39.7 Å². The van der Waals surface area contributed by atoms with Gasteiger partial charge in [-0.3, -0.25) is 0 Å². The van der Waals surface area contributed by atoms with Crippen molar-refractivity contribution in [3.63, 3.8) is 0 Å². The average molecular weight is 328 g/mol. The number of ether oxygens (including phenoxy) is 3. The molecule has 9 heteroatoms. The molecule has 2 aliphatic rings. The summed E-state index contributed by atoms with van der Waals surface area (Å²) in [5, 5.41) is 49.3. The first-order valence-electron chi connectivity index (χ1n) is 6.87. The van der Waals surface area contributed by atoms with E-state index in [0.717, 1.165) is 6.07 Å². The summed E-state index contributed by atoms with van der Waals surface area (Å²) in [4.78, 5) is 12.1. The Balaban J connectivity index is 2.16. The van der Waals surface area contributed by atoms with Crippen LogP contribution in [0.1, 0.15) is 22.0 Å². The number of methoxy groups -OCH3 is 1. The molecule has 5 N–H and O–H groups in total. The highest BCUT2D eigenvalue weighted by atomic mass is 16.6. The van der Waals surface area contributed by atoms with Gasteiger partial charge in [0.25, 0.3) is 0 Å². The first-order chi connectivity index (χ1) is 10.9. The molecule has 0 bridgehead atoms. The number of phenols is 2. The zero-order valence-corrected chi connectivity index (χ0v) is 12.0. The molecule has 1 aromatic carbocycles. The quantitative estimate of drug-likeness (QED) is 0.422. The van der Waals surface area contributed by atoms with E-state index in [0.29, 0.717) is 0 Å². The standard InChI is InChI=1S/C14H16O9/c1-21-11-5(16)2-4-7(9(11)18)12-13(23-14(4)20)10(19)8(17)6(3-15)22-12/h2,6,8,10,12-13,15-19H,3H2,1H3/t6-,8-,10+,12?,13-/m1/s1. The van der Waals surface area contributed by atoms with Crippen molar-refractivity contribution in [2.75, 3.05) is 13.7 Å². The summed E-state index contributed by atoms with van der Waals surface area (Å²) in [5.41, 5.74) is -0.187. The monoisotopic (exact) mass is 328 g/mol.